The van der Waals surface area contributed by atoms with Crippen LogP contribution in [0, 0.1) is 0 Å². The summed E-state index contributed by atoms with van der Waals surface area (Å²) < 4.78 is 5.18. The normalized spacial score (nSPS) is 12.9. The van der Waals surface area contributed by atoms with Crippen molar-refractivity contribution in [3.8, 4) is 11.4 Å². The highest BCUT2D eigenvalue weighted by Gasteiger charge is 2.21. The third kappa shape index (κ3) is 4.12. The Morgan fingerprint density at radius 2 is 1.75 bits per heavy atom. The summed E-state index contributed by atoms with van der Waals surface area (Å²) in [6.07, 6.45) is 7.67. The summed E-state index contributed by atoms with van der Waals surface area (Å²) in [7, 11) is 1.63. The van der Waals surface area contributed by atoms with E-state index in [-0.39, 0.29) is 0 Å². The molecule has 0 aliphatic carbocycles. The molecular weight excluding hydrogens is 442 g/mol. The molecule has 0 saturated carbocycles. The molecule has 0 saturated heterocycles. The zero-order valence-corrected chi connectivity index (χ0v) is 18.7. The first kappa shape index (κ1) is 20.4. The summed E-state index contributed by atoms with van der Waals surface area (Å²) >= 11 is 8.02. The lowest BCUT2D eigenvalue weighted by Gasteiger charge is -2.30. The average molecular weight is 460 g/mol. The Bertz CT molecular complexity index is 1320. The second-order valence-corrected chi connectivity index (χ2v) is 8.41. The van der Waals surface area contributed by atoms with Gasteiger partial charge in [-0.1, -0.05) is 41.6 Å². The standard InChI is InChI=1S/C24H18ClN5OS/c1-31-19-12-10-18(11-13-19)30-27-24(26-28-30)8-4-5-15-29-20-6-2-3-7-22(20)32-23-14-9-17(25)16-21(23)29/h2-16H,1H3/b8-4-,15-5+. The lowest BCUT2D eigenvalue weighted by Crippen LogP contribution is -2.13. The number of rotatable bonds is 5. The van der Waals surface area contributed by atoms with Gasteiger partial charge in [0.25, 0.3) is 0 Å². The molecule has 4 aromatic rings. The molecule has 1 aliphatic heterocycles. The number of hydrogen-bond acceptors (Lipinski definition) is 6. The maximum atomic E-state index is 6.27. The highest BCUT2D eigenvalue weighted by atomic mass is 35.5. The van der Waals surface area contributed by atoms with Crippen molar-refractivity contribution < 1.29 is 4.74 Å². The number of benzene rings is 3. The minimum atomic E-state index is 0.517. The SMILES string of the molecule is COc1ccc(-n2nnc(/C=C\C=C\N3c4ccccc4Sc4ccc(Cl)cc43)n2)cc1. The number of allylic oxidation sites excluding steroid dienone is 2. The number of ether oxygens (including phenoxy) is 1. The van der Waals surface area contributed by atoms with E-state index >= 15 is 0 Å². The molecule has 0 radical (unpaired) electrons. The van der Waals surface area contributed by atoms with E-state index in [1.165, 1.54) is 9.69 Å². The molecule has 0 spiro atoms. The number of para-hydroxylation sites is 1. The molecule has 0 bridgehead atoms. The Balaban J connectivity index is 1.36. The van der Waals surface area contributed by atoms with Crippen LogP contribution >= 0.6 is 23.4 Å². The Morgan fingerprint density at radius 3 is 2.59 bits per heavy atom. The van der Waals surface area contributed by atoms with Gasteiger partial charge < -0.3 is 9.64 Å². The maximum absolute atomic E-state index is 6.27. The number of tetrazole rings is 1. The summed E-state index contributed by atoms with van der Waals surface area (Å²) in [5.41, 5.74) is 2.97. The van der Waals surface area contributed by atoms with Crippen molar-refractivity contribution in [3.05, 3.63) is 95.9 Å². The van der Waals surface area contributed by atoms with E-state index in [2.05, 4.69) is 38.5 Å². The first-order chi connectivity index (χ1) is 15.7. The van der Waals surface area contributed by atoms with Crippen LogP contribution in [0.15, 0.2) is 94.9 Å². The van der Waals surface area contributed by atoms with E-state index in [4.69, 9.17) is 16.3 Å². The Kier molecular flexibility index (Phi) is 5.66. The molecule has 158 valence electrons. The summed E-state index contributed by atoms with van der Waals surface area (Å²) in [6, 6.07) is 21.7. The van der Waals surface area contributed by atoms with Crippen LogP contribution in [0.4, 0.5) is 11.4 Å². The van der Waals surface area contributed by atoms with Crippen molar-refractivity contribution in [2.75, 3.05) is 12.0 Å². The number of aromatic nitrogens is 4. The number of hydrogen-bond donors (Lipinski definition) is 0. The summed E-state index contributed by atoms with van der Waals surface area (Å²) in [6.45, 7) is 0. The number of halogens is 1. The molecule has 32 heavy (non-hydrogen) atoms. The topological polar surface area (TPSA) is 56.1 Å². The van der Waals surface area contributed by atoms with Crippen molar-refractivity contribution >= 4 is 40.8 Å². The quantitative estimate of drug-likeness (QED) is 0.333. The van der Waals surface area contributed by atoms with Crippen molar-refractivity contribution in [1.29, 1.82) is 0 Å². The van der Waals surface area contributed by atoms with Gasteiger partial charge in [0.1, 0.15) is 5.75 Å². The maximum Gasteiger partial charge on any atom is 0.198 e. The first-order valence-electron chi connectivity index (χ1n) is 9.86. The number of anilines is 2. The molecule has 6 nitrogen and oxygen atoms in total. The van der Waals surface area contributed by atoms with Crippen molar-refractivity contribution in [2.45, 2.75) is 9.79 Å². The van der Waals surface area contributed by atoms with Gasteiger partial charge in [-0.25, -0.2) is 0 Å². The second-order valence-electron chi connectivity index (χ2n) is 6.89. The van der Waals surface area contributed by atoms with E-state index in [1.54, 1.807) is 18.9 Å². The third-order valence-corrected chi connectivity index (χ3v) is 6.21. The number of nitrogens with zero attached hydrogens (tertiary/aromatic N) is 5. The van der Waals surface area contributed by atoms with Crippen LogP contribution in [-0.2, 0) is 0 Å². The second kappa shape index (κ2) is 8.90. The highest BCUT2D eigenvalue weighted by Crippen LogP contribution is 2.48. The Morgan fingerprint density at radius 1 is 0.938 bits per heavy atom. The smallest absolute Gasteiger partial charge is 0.198 e. The fourth-order valence-electron chi connectivity index (χ4n) is 3.31. The van der Waals surface area contributed by atoms with Crippen LogP contribution in [0.25, 0.3) is 11.8 Å². The van der Waals surface area contributed by atoms with Crippen LogP contribution in [-0.4, -0.2) is 27.3 Å². The molecular formula is C24H18ClN5OS. The van der Waals surface area contributed by atoms with Gasteiger partial charge in [-0.2, -0.15) is 0 Å². The highest BCUT2D eigenvalue weighted by molar-refractivity contribution is 7.99. The van der Waals surface area contributed by atoms with Gasteiger partial charge in [0, 0.05) is 21.0 Å². The molecule has 1 aliphatic rings. The molecule has 0 fully saturated rings. The molecule has 5 rings (SSSR count). The van der Waals surface area contributed by atoms with Crippen molar-refractivity contribution in [3.63, 3.8) is 0 Å². The number of methoxy groups -OCH3 is 1. The van der Waals surface area contributed by atoms with Gasteiger partial charge in [-0.3, -0.25) is 0 Å². The van der Waals surface area contributed by atoms with Crippen LogP contribution in [0.3, 0.4) is 0 Å². The van der Waals surface area contributed by atoms with Crippen molar-refractivity contribution in [2.24, 2.45) is 0 Å². The van der Waals surface area contributed by atoms with Crippen molar-refractivity contribution in [1.82, 2.24) is 20.2 Å². The zero-order chi connectivity index (χ0) is 21.9. The van der Waals surface area contributed by atoms with E-state index in [9.17, 15) is 0 Å². The molecule has 1 aromatic heterocycles. The minimum Gasteiger partial charge on any atom is -0.497 e. The van der Waals surface area contributed by atoms with Gasteiger partial charge in [-0.05, 0) is 72.0 Å². The fraction of sp³-hybridized carbons (Fsp3) is 0.0417. The predicted octanol–water partition coefficient (Wildman–Crippen LogP) is 6.15. The van der Waals surface area contributed by atoms with E-state index in [1.807, 2.05) is 73.0 Å². The monoisotopic (exact) mass is 459 g/mol. The van der Waals surface area contributed by atoms with Crippen LogP contribution in [0.5, 0.6) is 5.75 Å². The van der Waals surface area contributed by atoms with E-state index in [0.717, 1.165) is 27.7 Å². The van der Waals surface area contributed by atoms with Gasteiger partial charge in [-0.15, -0.1) is 15.0 Å². The molecule has 0 unspecified atom stereocenters. The molecule has 0 N–H and O–H groups in total. The van der Waals surface area contributed by atoms with Crippen LogP contribution < -0.4 is 9.64 Å². The Labute approximate surface area is 194 Å². The van der Waals surface area contributed by atoms with E-state index < -0.39 is 0 Å². The summed E-state index contributed by atoms with van der Waals surface area (Å²) in [4.78, 5) is 5.98. The first-order valence-corrected chi connectivity index (χ1v) is 11.1. The molecule has 3 aromatic carbocycles. The van der Waals surface area contributed by atoms with Gasteiger partial charge in [0.2, 0.25) is 0 Å². The molecule has 0 amide bonds. The average Bonchev–Trinajstić information content (AvgIpc) is 3.30. The molecule has 2 heterocycles. The van der Waals surface area contributed by atoms with Gasteiger partial charge >= 0.3 is 0 Å². The summed E-state index contributed by atoms with van der Waals surface area (Å²) in [5.74, 6) is 1.29. The van der Waals surface area contributed by atoms with Gasteiger partial charge in [0.15, 0.2) is 5.82 Å². The minimum absolute atomic E-state index is 0.517. The molecule has 0 atom stereocenters. The number of fused-ring (bicyclic) bond motifs is 2. The lowest BCUT2D eigenvalue weighted by molar-refractivity contribution is 0.414. The summed E-state index contributed by atoms with van der Waals surface area (Å²) in [5, 5.41) is 13.3. The fourth-order valence-corrected chi connectivity index (χ4v) is 4.53. The third-order valence-electron chi connectivity index (χ3n) is 4.85. The van der Waals surface area contributed by atoms with Crippen LogP contribution in [0.1, 0.15) is 5.82 Å². The van der Waals surface area contributed by atoms with E-state index in [0.29, 0.717) is 10.8 Å². The zero-order valence-electron chi connectivity index (χ0n) is 17.1. The lowest BCUT2D eigenvalue weighted by atomic mass is 10.2. The van der Waals surface area contributed by atoms with Gasteiger partial charge in [0.05, 0.1) is 24.2 Å². The Hall–Kier alpha value is -3.55. The predicted molar refractivity (Wildman–Crippen MR) is 128 cm³/mol. The molecule has 8 heteroatoms. The van der Waals surface area contributed by atoms with Crippen LogP contribution in [0.2, 0.25) is 5.02 Å². The largest absolute Gasteiger partial charge is 0.497 e.